The van der Waals surface area contributed by atoms with Crippen molar-refractivity contribution in [3.8, 4) is 11.5 Å². The molecule has 1 atom stereocenters. The van der Waals surface area contributed by atoms with Crippen molar-refractivity contribution in [2.24, 2.45) is 0 Å². The van der Waals surface area contributed by atoms with Crippen LogP contribution in [0.4, 0.5) is 0 Å². The van der Waals surface area contributed by atoms with Crippen molar-refractivity contribution in [3.63, 3.8) is 0 Å². The number of hydrogen-bond acceptors (Lipinski definition) is 3. The van der Waals surface area contributed by atoms with Crippen LogP contribution in [-0.4, -0.2) is 13.3 Å². The molecule has 3 rings (SSSR count). The van der Waals surface area contributed by atoms with Gasteiger partial charge in [0.05, 0.1) is 6.04 Å². The molecule has 1 unspecified atom stereocenters. The maximum absolute atomic E-state index is 5.50. The van der Waals surface area contributed by atoms with Crippen molar-refractivity contribution >= 4 is 0 Å². The first-order valence-corrected chi connectivity index (χ1v) is 7.47. The number of benzene rings is 2. The molecule has 0 aliphatic carbocycles. The highest BCUT2D eigenvalue weighted by Gasteiger charge is 2.18. The Kier molecular flexibility index (Phi) is 4.11. The maximum atomic E-state index is 5.50. The van der Waals surface area contributed by atoms with Crippen LogP contribution in [0, 0.1) is 6.92 Å². The summed E-state index contributed by atoms with van der Waals surface area (Å²) in [6, 6.07) is 15.1. The first-order valence-electron chi connectivity index (χ1n) is 7.47. The number of nitrogens with one attached hydrogen (secondary N) is 1. The number of aryl methyl sites for hydroxylation is 1. The van der Waals surface area contributed by atoms with Gasteiger partial charge in [-0.2, -0.15) is 0 Å². The Morgan fingerprint density at radius 1 is 1.00 bits per heavy atom. The summed E-state index contributed by atoms with van der Waals surface area (Å²) in [5, 5.41) is 3.62. The van der Waals surface area contributed by atoms with E-state index in [0.717, 1.165) is 24.5 Å². The molecule has 3 heteroatoms. The third-order valence-corrected chi connectivity index (χ3v) is 3.74. The molecule has 0 amide bonds. The van der Waals surface area contributed by atoms with Crippen LogP contribution < -0.4 is 14.8 Å². The quantitative estimate of drug-likeness (QED) is 0.905. The van der Waals surface area contributed by atoms with E-state index in [-0.39, 0.29) is 6.04 Å². The fraction of sp³-hybridized carbons (Fsp3) is 0.333. The molecule has 0 aromatic heterocycles. The second kappa shape index (κ2) is 6.19. The van der Waals surface area contributed by atoms with E-state index in [1.54, 1.807) is 0 Å². The van der Waals surface area contributed by atoms with Gasteiger partial charge in [-0.1, -0.05) is 42.8 Å². The highest BCUT2D eigenvalue weighted by atomic mass is 16.7. The predicted octanol–water partition coefficient (Wildman–Crippen LogP) is 3.81. The molecule has 21 heavy (non-hydrogen) atoms. The van der Waals surface area contributed by atoms with Crippen LogP contribution in [0.3, 0.4) is 0 Å². The Bertz CT molecular complexity index is 607. The van der Waals surface area contributed by atoms with Gasteiger partial charge in [-0.15, -0.1) is 0 Å². The molecule has 2 aromatic rings. The lowest BCUT2D eigenvalue weighted by molar-refractivity contribution is 0.174. The summed E-state index contributed by atoms with van der Waals surface area (Å²) in [6.07, 6.45) is 1.10. The summed E-state index contributed by atoms with van der Waals surface area (Å²) in [5.41, 5.74) is 3.75. The average Bonchev–Trinajstić information content (AvgIpc) is 2.97. The van der Waals surface area contributed by atoms with E-state index in [4.69, 9.17) is 9.47 Å². The van der Waals surface area contributed by atoms with Crippen LogP contribution in [0.15, 0.2) is 42.5 Å². The van der Waals surface area contributed by atoms with E-state index in [2.05, 4.69) is 55.6 Å². The molecule has 0 saturated carbocycles. The van der Waals surface area contributed by atoms with Crippen molar-refractivity contribution in [1.82, 2.24) is 5.32 Å². The zero-order valence-electron chi connectivity index (χ0n) is 12.6. The Morgan fingerprint density at radius 3 is 2.48 bits per heavy atom. The third kappa shape index (κ3) is 3.03. The van der Waals surface area contributed by atoms with Gasteiger partial charge in [0.25, 0.3) is 0 Å². The van der Waals surface area contributed by atoms with Crippen molar-refractivity contribution in [1.29, 1.82) is 0 Å². The minimum Gasteiger partial charge on any atom is -0.454 e. The molecular weight excluding hydrogens is 262 g/mol. The second-order valence-corrected chi connectivity index (χ2v) is 5.41. The van der Waals surface area contributed by atoms with E-state index >= 15 is 0 Å². The molecule has 0 spiro atoms. The SMILES string of the molecule is CCCNC(c1ccc(C)cc1)c1ccc2c(c1)OCO2. The number of hydrogen-bond donors (Lipinski definition) is 1. The first kappa shape index (κ1) is 14.0. The summed E-state index contributed by atoms with van der Waals surface area (Å²) in [5.74, 6) is 1.67. The summed E-state index contributed by atoms with van der Waals surface area (Å²) >= 11 is 0. The topological polar surface area (TPSA) is 30.5 Å². The largest absolute Gasteiger partial charge is 0.454 e. The second-order valence-electron chi connectivity index (χ2n) is 5.41. The molecular formula is C18H21NO2. The molecule has 2 aromatic carbocycles. The van der Waals surface area contributed by atoms with Crippen molar-refractivity contribution in [3.05, 3.63) is 59.2 Å². The molecule has 0 radical (unpaired) electrons. The van der Waals surface area contributed by atoms with Crippen molar-refractivity contribution < 1.29 is 9.47 Å². The molecule has 0 bridgehead atoms. The smallest absolute Gasteiger partial charge is 0.231 e. The maximum Gasteiger partial charge on any atom is 0.231 e. The van der Waals surface area contributed by atoms with E-state index < -0.39 is 0 Å². The van der Waals surface area contributed by atoms with Gasteiger partial charge < -0.3 is 14.8 Å². The number of fused-ring (bicyclic) bond motifs is 1. The lowest BCUT2D eigenvalue weighted by atomic mass is 9.97. The molecule has 0 saturated heterocycles. The van der Waals surface area contributed by atoms with Crippen molar-refractivity contribution in [2.75, 3.05) is 13.3 Å². The van der Waals surface area contributed by atoms with Crippen LogP contribution >= 0.6 is 0 Å². The Morgan fingerprint density at radius 2 is 1.71 bits per heavy atom. The summed E-state index contributed by atoms with van der Waals surface area (Å²) in [7, 11) is 0. The minimum absolute atomic E-state index is 0.181. The Hall–Kier alpha value is -2.00. The van der Waals surface area contributed by atoms with E-state index in [1.165, 1.54) is 16.7 Å². The van der Waals surface area contributed by atoms with Gasteiger partial charge in [0.15, 0.2) is 11.5 Å². The summed E-state index contributed by atoms with van der Waals surface area (Å²) in [6.45, 7) is 5.58. The van der Waals surface area contributed by atoms with Gasteiger partial charge in [-0.05, 0) is 43.1 Å². The lowest BCUT2D eigenvalue weighted by Gasteiger charge is -2.20. The molecule has 1 heterocycles. The summed E-state index contributed by atoms with van der Waals surface area (Å²) < 4.78 is 10.9. The highest BCUT2D eigenvalue weighted by Crippen LogP contribution is 2.35. The Balaban J connectivity index is 1.93. The summed E-state index contributed by atoms with van der Waals surface area (Å²) in [4.78, 5) is 0. The molecule has 1 N–H and O–H groups in total. The molecule has 110 valence electrons. The molecule has 0 fully saturated rings. The van der Waals surface area contributed by atoms with E-state index in [9.17, 15) is 0 Å². The van der Waals surface area contributed by atoms with Crippen LogP contribution in [0.25, 0.3) is 0 Å². The standard InChI is InChI=1S/C18H21NO2/c1-3-10-19-18(14-6-4-13(2)5-7-14)15-8-9-16-17(11-15)21-12-20-16/h4-9,11,18-19H,3,10,12H2,1-2H3. The van der Waals surface area contributed by atoms with Gasteiger partial charge in [-0.3, -0.25) is 0 Å². The fourth-order valence-electron chi connectivity index (χ4n) is 2.57. The van der Waals surface area contributed by atoms with Gasteiger partial charge in [0.2, 0.25) is 6.79 Å². The van der Waals surface area contributed by atoms with Gasteiger partial charge >= 0.3 is 0 Å². The van der Waals surface area contributed by atoms with Crippen LogP contribution in [0.2, 0.25) is 0 Å². The van der Waals surface area contributed by atoms with Gasteiger partial charge in [0, 0.05) is 0 Å². The first-order chi connectivity index (χ1) is 10.3. The van der Waals surface area contributed by atoms with Crippen LogP contribution in [-0.2, 0) is 0 Å². The highest BCUT2D eigenvalue weighted by molar-refractivity contribution is 5.47. The third-order valence-electron chi connectivity index (χ3n) is 3.74. The van der Waals surface area contributed by atoms with Crippen LogP contribution in [0.1, 0.15) is 36.1 Å². The van der Waals surface area contributed by atoms with Gasteiger partial charge in [0.1, 0.15) is 0 Å². The molecule has 1 aliphatic heterocycles. The van der Waals surface area contributed by atoms with Gasteiger partial charge in [-0.25, -0.2) is 0 Å². The average molecular weight is 283 g/mol. The molecule has 3 nitrogen and oxygen atoms in total. The normalized spacial score (nSPS) is 14.2. The van der Waals surface area contributed by atoms with E-state index in [1.807, 2.05) is 6.07 Å². The van der Waals surface area contributed by atoms with Crippen molar-refractivity contribution in [2.45, 2.75) is 26.3 Å². The Labute approximate surface area is 125 Å². The van der Waals surface area contributed by atoms with E-state index in [0.29, 0.717) is 6.79 Å². The zero-order chi connectivity index (χ0) is 14.7. The zero-order valence-corrected chi connectivity index (χ0v) is 12.6. The van der Waals surface area contributed by atoms with Crippen LogP contribution in [0.5, 0.6) is 11.5 Å². The number of ether oxygens (including phenoxy) is 2. The lowest BCUT2D eigenvalue weighted by Crippen LogP contribution is -2.23. The molecule has 1 aliphatic rings. The predicted molar refractivity (Wildman–Crippen MR) is 83.9 cm³/mol. The minimum atomic E-state index is 0.181. The fourth-order valence-corrected chi connectivity index (χ4v) is 2.57. The monoisotopic (exact) mass is 283 g/mol. The number of rotatable bonds is 5.